The monoisotopic (exact) mass is 396 g/mol. The van der Waals surface area contributed by atoms with E-state index in [0.29, 0.717) is 12.1 Å². The predicted molar refractivity (Wildman–Crippen MR) is 103 cm³/mol. The third-order valence-electron chi connectivity index (χ3n) is 4.72. The number of esters is 1. The van der Waals surface area contributed by atoms with Gasteiger partial charge in [-0.2, -0.15) is 4.31 Å². The summed E-state index contributed by atoms with van der Waals surface area (Å²) in [6.45, 7) is 1.49. The van der Waals surface area contributed by atoms with Crippen LogP contribution in [0.4, 0.5) is 5.69 Å². The second kappa shape index (κ2) is 9.85. The van der Waals surface area contributed by atoms with Gasteiger partial charge in [-0.05, 0) is 43.5 Å². The van der Waals surface area contributed by atoms with Gasteiger partial charge in [0.2, 0.25) is 10.0 Å². The Labute approximate surface area is 161 Å². The number of anilines is 1. The van der Waals surface area contributed by atoms with Crippen LogP contribution >= 0.6 is 0 Å². The molecule has 0 spiro atoms. The maximum absolute atomic E-state index is 12.8. The summed E-state index contributed by atoms with van der Waals surface area (Å²) in [5, 5.41) is 2.59. The van der Waals surface area contributed by atoms with E-state index in [9.17, 15) is 18.0 Å². The van der Waals surface area contributed by atoms with Crippen molar-refractivity contribution in [3.63, 3.8) is 0 Å². The zero-order valence-corrected chi connectivity index (χ0v) is 16.8. The van der Waals surface area contributed by atoms with Crippen molar-refractivity contribution in [2.24, 2.45) is 0 Å². The molecule has 1 aromatic rings. The molecule has 0 radical (unpaired) electrons. The first-order chi connectivity index (χ1) is 12.8. The van der Waals surface area contributed by atoms with Gasteiger partial charge in [-0.25, -0.2) is 8.42 Å². The molecule has 1 N–H and O–H groups in total. The molecule has 0 bridgehead atoms. The first kappa shape index (κ1) is 21.4. The lowest BCUT2D eigenvalue weighted by Crippen LogP contribution is -2.38. The van der Waals surface area contributed by atoms with Crippen molar-refractivity contribution in [1.29, 1.82) is 0 Å². The minimum absolute atomic E-state index is 0.0425. The van der Waals surface area contributed by atoms with Crippen molar-refractivity contribution in [3.05, 3.63) is 24.3 Å². The average molecular weight is 397 g/mol. The highest BCUT2D eigenvalue weighted by Gasteiger charge is 2.28. The third kappa shape index (κ3) is 6.04. The van der Waals surface area contributed by atoms with Crippen LogP contribution in [-0.4, -0.2) is 44.3 Å². The highest BCUT2D eigenvalue weighted by molar-refractivity contribution is 7.89. The summed E-state index contributed by atoms with van der Waals surface area (Å²) in [4.78, 5) is 23.3. The van der Waals surface area contributed by atoms with Crippen LogP contribution in [0.2, 0.25) is 0 Å². The van der Waals surface area contributed by atoms with Crippen molar-refractivity contribution in [3.8, 4) is 0 Å². The van der Waals surface area contributed by atoms with Crippen LogP contribution in [0.15, 0.2) is 29.2 Å². The summed E-state index contributed by atoms with van der Waals surface area (Å²) in [7, 11) is -1.93. The molecule has 0 heterocycles. The molecular weight excluding hydrogens is 368 g/mol. The molecule has 0 saturated heterocycles. The number of ether oxygens (including phenoxy) is 1. The molecule has 0 aliphatic heterocycles. The third-order valence-corrected chi connectivity index (χ3v) is 6.65. The molecule has 8 heteroatoms. The number of benzene rings is 1. The summed E-state index contributed by atoms with van der Waals surface area (Å²) >= 11 is 0. The van der Waals surface area contributed by atoms with Gasteiger partial charge in [0.25, 0.3) is 5.91 Å². The van der Waals surface area contributed by atoms with E-state index in [2.05, 4.69) is 5.32 Å². The first-order valence-electron chi connectivity index (χ1n) is 9.38. The number of amides is 1. The number of rotatable bonds is 8. The average Bonchev–Trinajstić information content (AvgIpc) is 2.67. The number of hydrogen-bond acceptors (Lipinski definition) is 5. The zero-order chi connectivity index (χ0) is 19.9. The summed E-state index contributed by atoms with van der Waals surface area (Å²) in [5.41, 5.74) is 0.450. The van der Waals surface area contributed by atoms with Gasteiger partial charge in [-0.3, -0.25) is 9.59 Å². The largest absolute Gasteiger partial charge is 0.456 e. The first-order valence-corrected chi connectivity index (χ1v) is 10.8. The topological polar surface area (TPSA) is 92.8 Å². The van der Waals surface area contributed by atoms with Gasteiger partial charge in [0.1, 0.15) is 0 Å². The highest BCUT2D eigenvalue weighted by atomic mass is 32.2. The minimum Gasteiger partial charge on any atom is -0.456 e. The summed E-state index contributed by atoms with van der Waals surface area (Å²) in [6, 6.07) is 6.07. The molecule has 0 aromatic heterocycles. The van der Waals surface area contributed by atoms with Gasteiger partial charge in [0.05, 0.1) is 4.90 Å². The quantitative estimate of drug-likeness (QED) is 0.682. The van der Waals surface area contributed by atoms with E-state index in [0.717, 1.165) is 32.1 Å². The van der Waals surface area contributed by atoms with E-state index in [1.54, 1.807) is 7.05 Å². The zero-order valence-electron chi connectivity index (χ0n) is 15.9. The Hall–Kier alpha value is -1.93. The molecule has 1 aromatic carbocycles. The molecule has 1 aliphatic carbocycles. The van der Waals surface area contributed by atoms with Gasteiger partial charge in [0.15, 0.2) is 6.61 Å². The number of sulfonamides is 1. The summed E-state index contributed by atoms with van der Waals surface area (Å²) < 4.78 is 31.9. The fourth-order valence-corrected chi connectivity index (χ4v) is 4.55. The van der Waals surface area contributed by atoms with Gasteiger partial charge in [-0.15, -0.1) is 0 Å². The molecule has 1 saturated carbocycles. The number of nitrogens with zero attached hydrogens (tertiary/aromatic N) is 1. The Kier molecular flexibility index (Phi) is 7.79. The maximum Gasteiger partial charge on any atom is 0.306 e. The van der Waals surface area contributed by atoms with E-state index in [-0.39, 0.29) is 24.0 Å². The molecule has 7 nitrogen and oxygen atoms in total. The van der Waals surface area contributed by atoms with Crippen LogP contribution in [0.1, 0.15) is 51.9 Å². The second-order valence-corrected chi connectivity index (χ2v) is 8.79. The Morgan fingerprint density at radius 1 is 1.15 bits per heavy atom. The van der Waals surface area contributed by atoms with Crippen LogP contribution < -0.4 is 5.32 Å². The van der Waals surface area contributed by atoms with Crippen molar-refractivity contribution in [2.45, 2.75) is 62.8 Å². The molecule has 1 amide bonds. The highest BCUT2D eigenvalue weighted by Crippen LogP contribution is 2.26. The lowest BCUT2D eigenvalue weighted by molar-refractivity contribution is -0.147. The number of carbonyl (C=O) groups excluding carboxylic acids is 2. The fraction of sp³-hybridized carbons (Fsp3) is 0.579. The number of carbonyl (C=O) groups is 2. The SMILES string of the molecule is CCCC(=O)OCC(=O)Nc1ccc(S(=O)(=O)N(C)C2CCCCC2)cc1. The Morgan fingerprint density at radius 3 is 2.37 bits per heavy atom. The Morgan fingerprint density at radius 2 is 1.78 bits per heavy atom. The lowest BCUT2D eigenvalue weighted by Gasteiger charge is -2.30. The smallest absolute Gasteiger partial charge is 0.306 e. The minimum atomic E-state index is -3.56. The van der Waals surface area contributed by atoms with Crippen molar-refractivity contribution in [2.75, 3.05) is 19.0 Å². The van der Waals surface area contributed by atoms with Gasteiger partial charge in [0, 0.05) is 25.2 Å². The molecule has 1 aliphatic rings. The summed E-state index contributed by atoms with van der Waals surface area (Å²) in [5.74, 6) is -0.880. The normalized spacial score (nSPS) is 15.5. The Bertz CT molecular complexity index is 740. The van der Waals surface area contributed by atoms with Crippen LogP contribution in [-0.2, 0) is 24.3 Å². The standard InChI is InChI=1S/C19H28N2O5S/c1-3-7-19(23)26-14-18(22)20-15-10-12-17(13-11-15)27(24,25)21(2)16-8-5-4-6-9-16/h10-13,16H,3-9,14H2,1-2H3,(H,20,22). The van der Waals surface area contributed by atoms with Crippen LogP contribution in [0.25, 0.3) is 0 Å². The van der Waals surface area contributed by atoms with E-state index in [1.165, 1.54) is 28.6 Å². The molecule has 0 atom stereocenters. The van der Waals surface area contributed by atoms with Crippen molar-refractivity contribution >= 4 is 27.6 Å². The molecule has 27 heavy (non-hydrogen) atoms. The van der Waals surface area contributed by atoms with E-state index in [4.69, 9.17) is 4.74 Å². The van der Waals surface area contributed by atoms with Crippen LogP contribution in [0, 0.1) is 0 Å². The summed E-state index contributed by atoms with van der Waals surface area (Å²) in [6.07, 6.45) is 5.98. The van der Waals surface area contributed by atoms with Gasteiger partial charge < -0.3 is 10.1 Å². The predicted octanol–water partition coefficient (Wildman–Crippen LogP) is 2.92. The van der Waals surface area contributed by atoms with Crippen LogP contribution in [0.3, 0.4) is 0 Å². The number of hydrogen-bond donors (Lipinski definition) is 1. The maximum atomic E-state index is 12.8. The van der Waals surface area contributed by atoms with Gasteiger partial charge >= 0.3 is 5.97 Å². The van der Waals surface area contributed by atoms with E-state index < -0.39 is 21.9 Å². The fourth-order valence-electron chi connectivity index (χ4n) is 3.14. The molecule has 0 unspecified atom stereocenters. The van der Waals surface area contributed by atoms with Crippen molar-refractivity contribution in [1.82, 2.24) is 4.31 Å². The van der Waals surface area contributed by atoms with E-state index >= 15 is 0 Å². The molecule has 2 rings (SSSR count). The number of nitrogens with one attached hydrogen (secondary N) is 1. The lowest BCUT2D eigenvalue weighted by atomic mass is 9.96. The van der Waals surface area contributed by atoms with Crippen LogP contribution in [0.5, 0.6) is 0 Å². The van der Waals surface area contributed by atoms with Crippen molar-refractivity contribution < 1.29 is 22.7 Å². The molecular formula is C19H28N2O5S. The Balaban J connectivity index is 1.95. The second-order valence-electron chi connectivity index (χ2n) is 6.80. The van der Waals surface area contributed by atoms with E-state index in [1.807, 2.05) is 6.92 Å². The molecule has 1 fully saturated rings. The molecule has 150 valence electrons. The van der Waals surface area contributed by atoms with Gasteiger partial charge in [-0.1, -0.05) is 26.2 Å².